The van der Waals surface area contributed by atoms with Crippen molar-refractivity contribution in [3.05, 3.63) is 65.1 Å². The Morgan fingerprint density at radius 2 is 2.04 bits per heavy atom. The maximum atomic E-state index is 14.5. The predicted octanol–water partition coefficient (Wildman–Crippen LogP) is 4.42. The molecular formula is C21H21FN2O3. The predicted molar refractivity (Wildman–Crippen MR) is 101 cm³/mol. The molecule has 3 aromatic rings. The van der Waals surface area contributed by atoms with Crippen LogP contribution in [-0.4, -0.2) is 36.2 Å². The van der Waals surface area contributed by atoms with E-state index in [9.17, 15) is 9.18 Å². The van der Waals surface area contributed by atoms with Crippen LogP contribution in [0.5, 0.6) is 5.75 Å². The van der Waals surface area contributed by atoms with Crippen LogP contribution in [0.25, 0.3) is 10.9 Å². The van der Waals surface area contributed by atoms with Crippen molar-refractivity contribution in [3.63, 3.8) is 0 Å². The number of H-pyrrole nitrogens is 1. The molecule has 0 radical (unpaired) electrons. The molecule has 1 aliphatic heterocycles. The van der Waals surface area contributed by atoms with Gasteiger partial charge in [-0.05, 0) is 48.7 Å². The van der Waals surface area contributed by atoms with Crippen molar-refractivity contribution in [2.75, 3.05) is 20.3 Å². The molecule has 1 atom stereocenters. The molecule has 1 N–H and O–H groups in total. The number of nitrogens with zero attached hydrogens (tertiary/aromatic N) is 1. The second-order valence-corrected chi connectivity index (χ2v) is 6.50. The Morgan fingerprint density at radius 3 is 2.74 bits per heavy atom. The highest BCUT2D eigenvalue weighted by molar-refractivity contribution is 5.86. The number of hydrogen-bond acceptors (Lipinski definition) is 3. The van der Waals surface area contributed by atoms with E-state index in [0.717, 1.165) is 28.1 Å². The molecular weight excluding hydrogens is 347 g/mol. The normalized spacial score (nSPS) is 16.3. The van der Waals surface area contributed by atoms with Crippen molar-refractivity contribution in [2.24, 2.45) is 0 Å². The van der Waals surface area contributed by atoms with Gasteiger partial charge in [0.25, 0.3) is 0 Å². The molecule has 140 valence electrons. The molecule has 0 saturated heterocycles. The number of carbonyl (C=O) groups is 1. The maximum Gasteiger partial charge on any atom is 0.410 e. The third-order valence-electron chi connectivity index (χ3n) is 5.03. The lowest BCUT2D eigenvalue weighted by Crippen LogP contribution is -2.41. The molecule has 0 spiro atoms. The summed E-state index contributed by atoms with van der Waals surface area (Å²) in [7, 11) is 1.61. The van der Waals surface area contributed by atoms with Crippen LogP contribution < -0.4 is 4.74 Å². The Hall–Kier alpha value is -3.02. The summed E-state index contributed by atoms with van der Waals surface area (Å²) >= 11 is 0. The standard InChI is InChI=1S/C21H21FN2O3/c1-3-27-21(25)24-12-11-15-18-16(22)5-4-6-17(18)23-19(15)20(24)13-7-9-14(26-2)10-8-13/h4-10,20,23H,3,11-12H2,1-2H3. The molecule has 2 aromatic carbocycles. The van der Waals surface area contributed by atoms with Gasteiger partial charge in [-0.1, -0.05) is 18.2 Å². The average Bonchev–Trinajstić information content (AvgIpc) is 3.07. The highest BCUT2D eigenvalue weighted by Gasteiger charge is 2.35. The number of ether oxygens (including phenoxy) is 2. The average molecular weight is 368 g/mol. The summed E-state index contributed by atoms with van der Waals surface area (Å²) in [6, 6.07) is 12.2. The highest BCUT2D eigenvalue weighted by atomic mass is 19.1. The lowest BCUT2D eigenvalue weighted by Gasteiger charge is -2.35. The second-order valence-electron chi connectivity index (χ2n) is 6.50. The summed E-state index contributed by atoms with van der Waals surface area (Å²) in [4.78, 5) is 17.6. The molecule has 0 fully saturated rings. The first-order chi connectivity index (χ1) is 13.1. The van der Waals surface area contributed by atoms with Gasteiger partial charge in [0, 0.05) is 23.1 Å². The van der Waals surface area contributed by atoms with Crippen LogP contribution in [0, 0.1) is 5.82 Å². The Labute approximate surface area is 156 Å². The van der Waals surface area contributed by atoms with Crippen LogP contribution in [0.2, 0.25) is 0 Å². The number of benzene rings is 2. The molecule has 0 bridgehead atoms. The summed E-state index contributed by atoms with van der Waals surface area (Å²) in [6.07, 6.45) is 0.199. The zero-order valence-corrected chi connectivity index (χ0v) is 15.3. The molecule has 5 nitrogen and oxygen atoms in total. The van der Waals surface area contributed by atoms with Crippen LogP contribution in [0.3, 0.4) is 0 Å². The first-order valence-corrected chi connectivity index (χ1v) is 9.00. The van der Waals surface area contributed by atoms with Crippen molar-refractivity contribution in [2.45, 2.75) is 19.4 Å². The smallest absolute Gasteiger partial charge is 0.410 e. The Morgan fingerprint density at radius 1 is 1.26 bits per heavy atom. The van der Waals surface area contributed by atoms with Gasteiger partial charge in [0.15, 0.2) is 0 Å². The summed E-state index contributed by atoms with van der Waals surface area (Å²) in [5, 5.41) is 0.606. The number of rotatable bonds is 3. The summed E-state index contributed by atoms with van der Waals surface area (Å²) in [5.41, 5.74) is 3.41. The summed E-state index contributed by atoms with van der Waals surface area (Å²) in [5.74, 6) is 0.489. The van der Waals surface area contributed by atoms with E-state index < -0.39 is 0 Å². The van der Waals surface area contributed by atoms with Crippen molar-refractivity contribution in [3.8, 4) is 5.75 Å². The van der Waals surface area contributed by atoms with Gasteiger partial charge in [-0.25, -0.2) is 9.18 Å². The molecule has 4 rings (SSSR count). The minimum atomic E-state index is -0.372. The molecule has 6 heteroatoms. The Balaban J connectivity index is 1.87. The maximum absolute atomic E-state index is 14.5. The zero-order valence-electron chi connectivity index (χ0n) is 15.3. The zero-order chi connectivity index (χ0) is 19.0. The van der Waals surface area contributed by atoms with E-state index in [1.807, 2.05) is 30.3 Å². The number of aromatic nitrogens is 1. The largest absolute Gasteiger partial charge is 0.497 e. The third-order valence-corrected chi connectivity index (χ3v) is 5.03. The molecule has 1 unspecified atom stereocenters. The lowest BCUT2D eigenvalue weighted by molar-refractivity contribution is 0.0932. The number of carbonyl (C=O) groups excluding carboxylic acids is 1. The van der Waals surface area contributed by atoms with Gasteiger partial charge in [-0.2, -0.15) is 0 Å². The van der Waals surface area contributed by atoms with Crippen molar-refractivity contribution < 1.29 is 18.7 Å². The molecule has 1 aliphatic rings. The SMILES string of the molecule is CCOC(=O)N1CCc2c([nH]c3cccc(F)c23)C1c1ccc(OC)cc1. The van der Waals surface area contributed by atoms with Gasteiger partial charge in [-0.15, -0.1) is 0 Å². The lowest BCUT2D eigenvalue weighted by atomic mass is 9.92. The number of nitrogens with one attached hydrogen (secondary N) is 1. The van der Waals surface area contributed by atoms with E-state index in [4.69, 9.17) is 9.47 Å². The van der Waals surface area contributed by atoms with Gasteiger partial charge in [0.1, 0.15) is 17.6 Å². The molecule has 0 aliphatic carbocycles. The fraction of sp³-hybridized carbons (Fsp3) is 0.286. The number of aromatic amines is 1. The first kappa shape index (κ1) is 17.4. The third kappa shape index (κ3) is 2.91. The first-order valence-electron chi connectivity index (χ1n) is 9.00. The van der Waals surface area contributed by atoms with Crippen molar-refractivity contribution in [1.82, 2.24) is 9.88 Å². The van der Waals surface area contributed by atoms with E-state index >= 15 is 0 Å². The number of amides is 1. The van der Waals surface area contributed by atoms with E-state index in [0.29, 0.717) is 25.0 Å². The summed E-state index contributed by atoms with van der Waals surface area (Å²) < 4.78 is 25.0. The highest BCUT2D eigenvalue weighted by Crippen LogP contribution is 2.39. The van der Waals surface area contributed by atoms with Gasteiger partial charge in [-0.3, -0.25) is 4.90 Å². The molecule has 1 aromatic heterocycles. The molecule has 0 saturated carbocycles. The molecule has 1 amide bonds. The number of halogens is 1. The Bertz CT molecular complexity index is 981. The fourth-order valence-corrected chi connectivity index (χ4v) is 3.84. The van der Waals surface area contributed by atoms with E-state index in [1.54, 1.807) is 25.0 Å². The van der Waals surface area contributed by atoms with Gasteiger partial charge in [0.05, 0.1) is 13.7 Å². The second kappa shape index (κ2) is 6.95. The quantitative estimate of drug-likeness (QED) is 0.745. The van der Waals surface area contributed by atoms with Crippen LogP contribution in [0.1, 0.15) is 29.8 Å². The molecule has 2 heterocycles. The van der Waals surface area contributed by atoms with Crippen LogP contribution in [0.4, 0.5) is 9.18 Å². The number of methoxy groups -OCH3 is 1. The number of hydrogen-bond donors (Lipinski definition) is 1. The van der Waals surface area contributed by atoms with Crippen LogP contribution >= 0.6 is 0 Å². The van der Waals surface area contributed by atoms with Crippen LogP contribution in [0.15, 0.2) is 42.5 Å². The number of fused-ring (bicyclic) bond motifs is 3. The van der Waals surface area contributed by atoms with Gasteiger partial charge < -0.3 is 14.5 Å². The summed E-state index contributed by atoms with van der Waals surface area (Å²) in [6.45, 7) is 2.55. The molecule has 27 heavy (non-hydrogen) atoms. The van der Waals surface area contributed by atoms with E-state index in [2.05, 4.69) is 4.98 Å². The fourth-order valence-electron chi connectivity index (χ4n) is 3.84. The van der Waals surface area contributed by atoms with E-state index in [-0.39, 0.29) is 18.0 Å². The monoisotopic (exact) mass is 368 g/mol. The van der Waals surface area contributed by atoms with Crippen LogP contribution in [-0.2, 0) is 11.2 Å². The van der Waals surface area contributed by atoms with Crippen molar-refractivity contribution >= 4 is 17.0 Å². The van der Waals surface area contributed by atoms with E-state index in [1.165, 1.54) is 6.07 Å². The van der Waals surface area contributed by atoms with Crippen molar-refractivity contribution in [1.29, 1.82) is 0 Å². The van der Waals surface area contributed by atoms with Gasteiger partial charge >= 0.3 is 6.09 Å². The topological polar surface area (TPSA) is 54.6 Å². The minimum Gasteiger partial charge on any atom is -0.497 e. The Kier molecular flexibility index (Phi) is 4.48. The van der Waals surface area contributed by atoms with Gasteiger partial charge in [0.2, 0.25) is 0 Å². The minimum absolute atomic E-state index is 0.247.